The number of carbonyl (C=O) groups is 2. The first kappa shape index (κ1) is 13.8. The van der Waals surface area contributed by atoms with Crippen LogP contribution in [0.2, 0.25) is 0 Å². The highest BCUT2D eigenvalue weighted by atomic mass is 16.4. The average molecular weight is 244 g/mol. The normalized spacial score (nSPS) is 11.1. The number of carboxylic acids is 1. The van der Waals surface area contributed by atoms with Crippen LogP contribution in [0.4, 0.5) is 0 Å². The second kappa shape index (κ2) is 5.40. The predicted octanol–water partition coefficient (Wildman–Crippen LogP) is 0.501. The molecule has 0 spiro atoms. The van der Waals surface area contributed by atoms with Gasteiger partial charge < -0.3 is 16.1 Å². The molecular weight excluding hydrogens is 231 g/mol. The fraction of sp³-hybridized carbons (Fsp3) is 0.167. The number of amides is 1. The van der Waals surface area contributed by atoms with Gasteiger partial charge in [-0.1, -0.05) is 0 Å². The van der Waals surface area contributed by atoms with Crippen LogP contribution in [0.15, 0.2) is 17.8 Å². The minimum atomic E-state index is -1.16. The van der Waals surface area contributed by atoms with E-state index in [-0.39, 0.29) is 5.70 Å². The van der Waals surface area contributed by atoms with Crippen molar-refractivity contribution in [3.8, 4) is 0 Å². The molecule has 92 valence electrons. The van der Waals surface area contributed by atoms with Crippen molar-refractivity contribution in [1.82, 2.24) is 5.23 Å². The number of rotatable bonds is 4. The maximum absolute atomic E-state index is 11.1. The van der Waals surface area contributed by atoms with Crippen molar-refractivity contribution in [3.05, 3.63) is 40.1 Å². The second-order valence-corrected chi connectivity index (χ2v) is 3.90. The molecule has 4 N–H and O–H groups in total. The van der Waals surface area contributed by atoms with Gasteiger partial charge in [0, 0.05) is 5.56 Å². The van der Waals surface area contributed by atoms with Crippen molar-refractivity contribution in [2.24, 2.45) is 5.73 Å². The number of benzene rings is 1. The Morgan fingerprint density at radius 3 is 2.17 bits per heavy atom. The average Bonchev–Trinajstić information content (AvgIpc) is 2.27. The molecule has 0 aliphatic heterocycles. The van der Waals surface area contributed by atoms with E-state index in [0.717, 1.165) is 11.1 Å². The molecule has 6 heteroatoms. The van der Waals surface area contributed by atoms with Crippen LogP contribution in [0.1, 0.15) is 27.0 Å². The monoisotopic (exact) mass is 244 g/mol. The zero-order chi connectivity index (χ0) is 13.9. The maximum atomic E-state index is 11.1. The van der Waals surface area contributed by atoms with Crippen LogP contribution < -0.4 is 11.0 Å². The van der Waals surface area contributed by atoms with Gasteiger partial charge in [0.15, 0.2) is 0 Å². The third-order valence-corrected chi connectivity index (χ3v) is 2.55. The molecule has 0 saturated carbocycles. The molecule has 18 heavy (non-hydrogen) atoms. The first-order valence-electron chi connectivity index (χ1n) is 5.19. The molecule has 0 aromatic heterocycles. The Hall–Kier alpha value is -2.24. The summed E-state index contributed by atoms with van der Waals surface area (Å²) < 4.78 is 0. The third-order valence-electron chi connectivity index (χ3n) is 2.55. The van der Waals surface area contributed by atoms with Gasteiger partial charge in [-0.3, -0.25) is 4.79 Å². The molecule has 5 nitrogen and oxygen atoms in total. The van der Waals surface area contributed by atoms with Gasteiger partial charge in [-0.25, -0.2) is 4.79 Å². The van der Waals surface area contributed by atoms with Crippen LogP contribution in [0.3, 0.4) is 0 Å². The fourth-order valence-corrected chi connectivity index (χ4v) is 1.65. The van der Waals surface area contributed by atoms with Crippen molar-refractivity contribution in [2.75, 3.05) is 0 Å². The maximum Gasteiger partial charge on any atom is 0.350 e. The van der Waals surface area contributed by atoms with E-state index in [2.05, 4.69) is 5.23 Å². The largest absolute Gasteiger partial charge is 0.477 e. The van der Waals surface area contributed by atoms with Crippen LogP contribution in [0, 0.1) is 13.8 Å². The summed E-state index contributed by atoms with van der Waals surface area (Å²) in [5.74, 6) is -1.68. The number of aliphatic carboxylic acids is 1. The number of nitrogens with two attached hydrogens (primary N) is 1. The molecule has 1 aromatic carbocycles. The van der Waals surface area contributed by atoms with Crippen LogP contribution in [0.25, 0.3) is 6.08 Å². The molecule has 0 atom stereocenters. The van der Waals surface area contributed by atoms with E-state index in [4.69, 9.17) is 18.8 Å². The lowest BCUT2D eigenvalue weighted by atomic mass is 9.98. The quantitative estimate of drug-likeness (QED) is 0.531. The minimum absolute atomic E-state index is 0.131. The van der Waals surface area contributed by atoms with Gasteiger partial charge in [-0.2, -0.15) is 0 Å². The summed E-state index contributed by atoms with van der Waals surface area (Å²) in [6, 6.07) is 3.22. The predicted molar refractivity (Wildman–Crippen MR) is 68.9 cm³/mol. The molecular formula is C12H13BN2O3. The summed E-state index contributed by atoms with van der Waals surface area (Å²) in [5.41, 5.74) is 7.64. The zero-order valence-corrected chi connectivity index (χ0v) is 10.2. The Balaban J connectivity index is 3.35. The molecule has 1 aromatic rings. The van der Waals surface area contributed by atoms with Crippen LogP contribution in [0.5, 0.6) is 0 Å². The lowest BCUT2D eigenvalue weighted by molar-refractivity contribution is -0.132. The van der Waals surface area contributed by atoms with Crippen LogP contribution in [-0.4, -0.2) is 25.0 Å². The summed E-state index contributed by atoms with van der Waals surface area (Å²) in [6.45, 7) is 3.53. The highest BCUT2D eigenvalue weighted by Gasteiger charge is 2.10. The van der Waals surface area contributed by atoms with Gasteiger partial charge in [0.25, 0.3) is 0 Å². The molecule has 1 amide bonds. The van der Waals surface area contributed by atoms with Crippen molar-refractivity contribution < 1.29 is 14.7 Å². The molecule has 0 aliphatic rings. The molecule has 0 bridgehead atoms. The van der Waals surface area contributed by atoms with Crippen LogP contribution >= 0.6 is 0 Å². The molecule has 0 aliphatic carbocycles. The number of hydrogen-bond donors (Lipinski definition) is 3. The number of hydrogen-bond acceptors (Lipinski definition) is 3. The van der Waals surface area contributed by atoms with Gasteiger partial charge in [0.1, 0.15) is 5.70 Å². The van der Waals surface area contributed by atoms with Crippen molar-refractivity contribution in [1.29, 1.82) is 0 Å². The number of aryl methyl sites for hydroxylation is 2. The Morgan fingerprint density at radius 1 is 1.33 bits per heavy atom. The number of carboxylic acid groups (broad SMARTS) is 1. The van der Waals surface area contributed by atoms with Gasteiger partial charge in [0.2, 0.25) is 13.9 Å². The van der Waals surface area contributed by atoms with Gasteiger partial charge in [-0.15, -0.1) is 0 Å². The SMILES string of the molecule is [B]N/C(=C\c1c(C)cc(C(N)=O)cc1C)C(=O)O. The summed E-state index contributed by atoms with van der Waals surface area (Å²) in [7, 11) is 5.13. The van der Waals surface area contributed by atoms with Crippen LogP contribution in [-0.2, 0) is 4.79 Å². The highest BCUT2D eigenvalue weighted by Crippen LogP contribution is 2.19. The van der Waals surface area contributed by atoms with E-state index in [1.165, 1.54) is 6.08 Å². The molecule has 0 fully saturated rings. The van der Waals surface area contributed by atoms with E-state index < -0.39 is 11.9 Å². The smallest absolute Gasteiger partial charge is 0.350 e. The summed E-state index contributed by atoms with van der Waals surface area (Å²) in [5, 5.41) is 11.0. The van der Waals surface area contributed by atoms with Crippen molar-refractivity contribution in [2.45, 2.75) is 13.8 Å². The van der Waals surface area contributed by atoms with Crippen molar-refractivity contribution >= 4 is 25.9 Å². The summed E-state index contributed by atoms with van der Waals surface area (Å²) >= 11 is 0. The topological polar surface area (TPSA) is 92.4 Å². The molecule has 0 saturated heterocycles. The molecule has 2 radical (unpaired) electrons. The third kappa shape index (κ3) is 2.91. The van der Waals surface area contributed by atoms with E-state index >= 15 is 0 Å². The Morgan fingerprint density at radius 2 is 1.83 bits per heavy atom. The lowest BCUT2D eigenvalue weighted by Crippen LogP contribution is -2.17. The zero-order valence-electron chi connectivity index (χ0n) is 10.2. The molecule has 0 unspecified atom stereocenters. The molecule has 0 heterocycles. The van der Waals surface area contributed by atoms with E-state index in [0.29, 0.717) is 11.1 Å². The number of carbonyl (C=O) groups excluding carboxylic acids is 1. The van der Waals surface area contributed by atoms with Gasteiger partial charge in [0.05, 0.1) is 0 Å². The fourth-order valence-electron chi connectivity index (χ4n) is 1.65. The second-order valence-electron chi connectivity index (χ2n) is 3.90. The first-order valence-corrected chi connectivity index (χ1v) is 5.19. The lowest BCUT2D eigenvalue weighted by Gasteiger charge is -2.09. The van der Waals surface area contributed by atoms with Gasteiger partial charge in [-0.05, 0) is 48.7 Å². The number of nitrogens with one attached hydrogen (secondary N) is 1. The first-order chi connectivity index (χ1) is 8.36. The number of primary amides is 1. The Labute approximate surface area is 106 Å². The molecule has 1 rings (SSSR count). The Bertz CT molecular complexity index is 515. The van der Waals surface area contributed by atoms with Gasteiger partial charge >= 0.3 is 5.97 Å². The van der Waals surface area contributed by atoms with Crippen molar-refractivity contribution in [3.63, 3.8) is 0 Å². The highest BCUT2D eigenvalue weighted by molar-refractivity contribution is 6.10. The minimum Gasteiger partial charge on any atom is -0.477 e. The Kier molecular flexibility index (Phi) is 4.15. The summed E-state index contributed by atoms with van der Waals surface area (Å²) in [6.07, 6.45) is 1.41. The van der Waals surface area contributed by atoms with E-state index in [9.17, 15) is 9.59 Å². The van der Waals surface area contributed by atoms with E-state index in [1.54, 1.807) is 26.0 Å². The van der Waals surface area contributed by atoms with E-state index in [1.807, 2.05) is 0 Å². The summed E-state index contributed by atoms with van der Waals surface area (Å²) in [4.78, 5) is 21.9. The standard InChI is InChI=1S/C12H13BN2O3/c1-6-3-8(11(14)16)4-7(2)9(6)5-10(15-13)12(17)18/h3-5,15H,1-2H3,(H2,14,16)(H,17,18)/b10-5-.